The van der Waals surface area contributed by atoms with Crippen LogP contribution in [0.5, 0.6) is 0 Å². The van der Waals surface area contributed by atoms with Crippen molar-refractivity contribution in [2.24, 2.45) is 11.3 Å². The summed E-state index contributed by atoms with van der Waals surface area (Å²) < 4.78 is 31.3. The molecule has 0 radical (unpaired) electrons. The number of rotatable bonds is 2. The molecule has 0 aromatic heterocycles. The fourth-order valence-corrected chi connectivity index (χ4v) is 2.94. The maximum atomic E-state index is 13.2. The predicted octanol–water partition coefficient (Wildman–Crippen LogP) is 2.27. The maximum Gasteiger partial charge on any atom is 0.310 e. The van der Waals surface area contributed by atoms with Crippen molar-refractivity contribution in [3.05, 3.63) is 34.9 Å². The molecule has 2 atom stereocenters. The number of esters is 1. The highest BCUT2D eigenvalue weighted by Gasteiger charge is 2.66. The van der Waals surface area contributed by atoms with E-state index in [2.05, 4.69) is 0 Å². The van der Waals surface area contributed by atoms with Gasteiger partial charge in [-0.15, -0.1) is 0 Å². The van der Waals surface area contributed by atoms with Gasteiger partial charge >= 0.3 is 5.97 Å². The molecule has 0 amide bonds. The molecule has 1 fully saturated rings. The van der Waals surface area contributed by atoms with Crippen LogP contribution in [0.2, 0.25) is 0 Å². The molecule has 5 heteroatoms. The van der Waals surface area contributed by atoms with Crippen molar-refractivity contribution < 1.29 is 23.1 Å². The molecule has 2 unspecified atom stereocenters. The maximum absolute atomic E-state index is 13.2. The number of hydrogen-bond donors (Lipinski definition) is 0. The Morgan fingerprint density at radius 1 is 1.42 bits per heavy atom. The summed E-state index contributed by atoms with van der Waals surface area (Å²) in [5.74, 6) is -3.13. The lowest BCUT2D eigenvalue weighted by molar-refractivity contribution is -0.145. The van der Waals surface area contributed by atoms with Crippen molar-refractivity contribution in [3.8, 4) is 0 Å². The van der Waals surface area contributed by atoms with Gasteiger partial charge in [-0.25, -0.2) is 8.78 Å². The average Bonchev–Trinajstić information content (AvgIpc) is 3.02. The van der Waals surface area contributed by atoms with Crippen molar-refractivity contribution in [1.29, 1.82) is 0 Å². The van der Waals surface area contributed by atoms with Gasteiger partial charge in [-0.3, -0.25) is 9.59 Å². The van der Waals surface area contributed by atoms with Crippen LogP contribution >= 0.6 is 0 Å². The van der Waals surface area contributed by atoms with Crippen LogP contribution in [0.15, 0.2) is 12.1 Å². The van der Waals surface area contributed by atoms with Gasteiger partial charge in [0.25, 0.3) is 0 Å². The third kappa shape index (κ3) is 1.60. The van der Waals surface area contributed by atoms with Gasteiger partial charge in [-0.05, 0) is 37.5 Å². The van der Waals surface area contributed by atoms with Gasteiger partial charge in [0.05, 0.1) is 17.9 Å². The Morgan fingerprint density at radius 2 is 2.11 bits per heavy atom. The van der Waals surface area contributed by atoms with E-state index in [9.17, 15) is 18.4 Å². The summed E-state index contributed by atoms with van der Waals surface area (Å²) in [4.78, 5) is 23.9. The van der Waals surface area contributed by atoms with Crippen molar-refractivity contribution in [2.75, 3.05) is 6.61 Å². The van der Waals surface area contributed by atoms with E-state index in [1.165, 1.54) is 0 Å². The molecule has 3 rings (SSSR count). The van der Waals surface area contributed by atoms with Gasteiger partial charge in [-0.2, -0.15) is 0 Å². The molecule has 3 nitrogen and oxygen atoms in total. The van der Waals surface area contributed by atoms with Crippen molar-refractivity contribution in [1.82, 2.24) is 0 Å². The van der Waals surface area contributed by atoms with E-state index in [4.69, 9.17) is 4.74 Å². The monoisotopic (exact) mass is 266 g/mol. The summed E-state index contributed by atoms with van der Waals surface area (Å²) in [6, 6.07) is 1.99. The number of carbonyl (C=O) groups is 2. The fraction of sp³-hybridized carbons (Fsp3) is 0.429. The molecule has 1 saturated carbocycles. The van der Waals surface area contributed by atoms with E-state index in [-0.39, 0.29) is 18.0 Å². The molecular weight excluding hydrogens is 254 g/mol. The summed E-state index contributed by atoms with van der Waals surface area (Å²) >= 11 is 0. The molecule has 0 heterocycles. The van der Waals surface area contributed by atoms with E-state index in [0.717, 1.165) is 12.1 Å². The Kier molecular flexibility index (Phi) is 2.49. The molecule has 1 aromatic rings. The van der Waals surface area contributed by atoms with E-state index in [0.29, 0.717) is 18.4 Å². The van der Waals surface area contributed by atoms with Gasteiger partial charge in [0, 0.05) is 5.56 Å². The first-order chi connectivity index (χ1) is 8.99. The normalized spacial score (nSPS) is 27.5. The quantitative estimate of drug-likeness (QED) is 0.771. The van der Waals surface area contributed by atoms with Crippen LogP contribution in [0.4, 0.5) is 8.78 Å². The lowest BCUT2D eigenvalue weighted by Gasteiger charge is -2.06. The zero-order chi connectivity index (χ0) is 13.8. The molecule has 2 aliphatic carbocycles. The summed E-state index contributed by atoms with van der Waals surface area (Å²) in [6.07, 6.45) is 0.699. The molecule has 0 saturated heterocycles. The summed E-state index contributed by atoms with van der Waals surface area (Å²) in [5, 5.41) is 0. The Labute approximate surface area is 108 Å². The smallest absolute Gasteiger partial charge is 0.310 e. The first-order valence-electron chi connectivity index (χ1n) is 6.19. The van der Waals surface area contributed by atoms with Crippen molar-refractivity contribution in [2.45, 2.75) is 19.8 Å². The SMILES string of the molecule is CCOC(=O)C1CC12Cc1cc(F)c(F)cc1C2=O. The highest BCUT2D eigenvalue weighted by atomic mass is 19.2. The average molecular weight is 266 g/mol. The molecule has 1 spiro atoms. The van der Waals surface area contributed by atoms with Crippen LogP contribution in [-0.2, 0) is 16.0 Å². The second-order valence-corrected chi connectivity index (χ2v) is 5.09. The minimum absolute atomic E-state index is 0.200. The largest absolute Gasteiger partial charge is 0.466 e. The van der Waals surface area contributed by atoms with Gasteiger partial charge in [0.15, 0.2) is 17.4 Å². The lowest BCUT2D eigenvalue weighted by Crippen LogP contribution is -2.19. The van der Waals surface area contributed by atoms with Crippen LogP contribution < -0.4 is 0 Å². The van der Waals surface area contributed by atoms with Crippen molar-refractivity contribution >= 4 is 11.8 Å². The Hall–Kier alpha value is -1.78. The second-order valence-electron chi connectivity index (χ2n) is 5.09. The number of ketones is 1. The van der Waals surface area contributed by atoms with Crippen LogP contribution in [0.25, 0.3) is 0 Å². The van der Waals surface area contributed by atoms with Gasteiger partial charge < -0.3 is 4.74 Å². The number of benzene rings is 1. The van der Waals surface area contributed by atoms with Gasteiger partial charge in [0.2, 0.25) is 0 Å². The molecule has 19 heavy (non-hydrogen) atoms. The Morgan fingerprint density at radius 3 is 2.79 bits per heavy atom. The van der Waals surface area contributed by atoms with Crippen molar-refractivity contribution in [3.63, 3.8) is 0 Å². The number of Topliss-reactive ketones (excluding diaryl/α,β-unsaturated/α-hetero) is 1. The number of ether oxygens (including phenoxy) is 1. The predicted molar refractivity (Wildman–Crippen MR) is 61.6 cm³/mol. The summed E-state index contributed by atoms with van der Waals surface area (Å²) in [7, 11) is 0. The van der Waals surface area contributed by atoms with E-state index < -0.39 is 28.9 Å². The Balaban J connectivity index is 1.91. The minimum atomic E-state index is -1.03. The Bertz CT molecular complexity index is 597. The zero-order valence-corrected chi connectivity index (χ0v) is 10.3. The van der Waals surface area contributed by atoms with Gasteiger partial charge in [0.1, 0.15) is 0 Å². The molecular formula is C14H12F2O3. The standard InChI is InChI=1S/C14H12F2O3/c1-2-19-13(18)9-6-14(9)5-7-3-10(15)11(16)4-8(7)12(14)17/h3-4,9H,2,5-6H2,1H3. The highest BCUT2D eigenvalue weighted by Crippen LogP contribution is 2.60. The second kappa shape index (κ2) is 3.85. The number of fused-ring (bicyclic) bond motifs is 1. The first-order valence-corrected chi connectivity index (χ1v) is 6.19. The molecule has 100 valence electrons. The fourth-order valence-electron chi connectivity index (χ4n) is 2.94. The molecule has 0 aliphatic heterocycles. The number of hydrogen-bond acceptors (Lipinski definition) is 3. The van der Waals surface area contributed by atoms with E-state index >= 15 is 0 Å². The third-order valence-electron chi connectivity index (χ3n) is 4.00. The molecule has 1 aromatic carbocycles. The zero-order valence-electron chi connectivity index (χ0n) is 10.3. The van der Waals surface area contributed by atoms with Crippen LogP contribution in [0.3, 0.4) is 0 Å². The van der Waals surface area contributed by atoms with Crippen LogP contribution in [0.1, 0.15) is 29.3 Å². The third-order valence-corrected chi connectivity index (χ3v) is 4.00. The highest BCUT2D eigenvalue weighted by molar-refractivity contribution is 6.09. The minimum Gasteiger partial charge on any atom is -0.466 e. The molecule has 2 aliphatic rings. The summed E-state index contributed by atoms with van der Waals surface area (Å²) in [6.45, 7) is 1.96. The lowest BCUT2D eigenvalue weighted by atomic mass is 9.99. The van der Waals surface area contributed by atoms with Crippen LogP contribution in [-0.4, -0.2) is 18.4 Å². The van der Waals surface area contributed by atoms with Gasteiger partial charge in [-0.1, -0.05) is 0 Å². The first kappa shape index (κ1) is 12.3. The van der Waals surface area contributed by atoms with E-state index in [1.54, 1.807) is 6.92 Å². The van der Waals surface area contributed by atoms with E-state index in [1.807, 2.05) is 0 Å². The molecule has 0 bridgehead atoms. The number of carbonyl (C=O) groups excluding carboxylic acids is 2. The van der Waals surface area contributed by atoms with Crippen LogP contribution in [0, 0.1) is 23.0 Å². The number of halogens is 2. The molecule has 0 N–H and O–H groups in total. The topological polar surface area (TPSA) is 43.4 Å². The summed E-state index contributed by atoms with van der Waals surface area (Å²) in [5.41, 5.74) is -0.129.